The van der Waals surface area contributed by atoms with Gasteiger partial charge in [0, 0.05) is 24.1 Å². The molecule has 0 atom stereocenters. The third kappa shape index (κ3) is 4.17. The molecule has 106 valence electrons. The van der Waals surface area contributed by atoms with Gasteiger partial charge in [-0.1, -0.05) is 46.3 Å². The van der Waals surface area contributed by atoms with E-state index < -0.39 is 0 Å². The fourth-order valence-corrected chi connectivity index (χ4v) is 2.57. The molecule has 2 aromatic carbocycles. The van der Waals surface area contributed by atoms with E-state index in [9.17, 15) is 0 Å². The van der Waals surface area contributed by atoms with Gasteiger partial charge in [0.1, 0.15) is 0 Å². The van der Waals surface area contributed by atoms with Crippen LogP contribution in [0.5, 0.6) is 0 Å². The summed E-state index contributed by atoms with van der Waals surface area (Å²) in [5.41, 5.74) is 10.9. The average Bonchev–Trinajstić information content (AvgIpc) is 2.43. The Morgan fingerprint density at radius 3 is 2.25 bits per heavy atom. The molecule has 0 spiro atoms. The summed E-state index contributed by atoms with van der Waals surface area (Å²) >= 11 is 3.46. The Kier molecular flexibility index (Phi) is 5.35. The maximum absolute atomic E-state index is 5.67. The maximum Gasteiger partial charge on any atom is 0.0236 e. The summed E-state index contributed by atoms with van der Waals surface area (Å²) < 4.78 is 1.12. The minimum absolute atomic E-state index is 0.607. The lowest BCUT2D eigenvalue weighted by Crippen LogP contribution is -2.18. The van der Waals surface area contributed by atoms with Gasteiger partial charge in [-0.25, -0.2) is 0 Å². The Hall–Kier alpha value is -1.16. The van der Waals surface area contributed by atoms with Crippen LogP contribution in [0.1, 0.15) is 22.3 Å². The number of nitrogens with zero attached hydrogens (tertiary/aromatic N) is 1. The van der Waals surface area contributed by atoms with Gasteiger partial charge in [0.05, 0.1) is 0 Å². The van der Waals surface area contributed by atoms with E-state index in [2.05, 4.69) is 77.3 Å². The zero-order chi connectivity index (χ0) is 14.5. The molecule has 0 saturated heterocycles. The van der Waals surface area contributed by atoms with Crippen molar-refractivity contribution in [2.24, 2.45) is 5.73 Å². The van der Waals surface area contributed by atoms with Gasteiger partial charge in [-0.2, -0.15) is 0 Å². The molecule has 0 radical (unpaired) electrons. The van der Waals surface area contributed by atoms with E-state index >= 15 is 0 Å². The van der Waals surface area contributed by atoms with Crippen molar-refractivity contribution < 1.29 is 0 Å². The zero-order valence-corrected chi connectivity index (χ0v) is 13.7. The van der Waals surface area contributed by atoms with E-state index in [1.807, 2.05) is 0 Å². The molecule has 0 aliphatic carbocycles. The van der Waals surface area contributed by atoms with Gasteiger partial charge in [-0.15, -0.1) is 0 Å². The van der Waals surface area contributed by atoms with Crippen molar-refractivity contribution >= 4 is 15.9 Å². The topological polar surface area (TPSA) is 29.3 Å². The van der Waals surface area contributed by atoms with E-state index in [4.69, 9.17) is 5.73 Å². The van der Waals surface area contributed by atoms with Crippen molar-refractivity contribution in [3.05, 3.63) is 69.2 Å². The van der Waals surface area contributed by atoms with E-state index in [-0.39, 0.29) is 0 Å². The van der Waals surface area contributed by atoms with Crippen LogP contribution in [0.15, 0.2) is 46.9 Å². The van der Waals surface area contributed by atoms with Crippen LogP contribution in [0, 0.1) is 6.92 Å². The molecule has 0 aromatic heterocycles. The molecule has 0 aliphatic heterocycles. The molecule has 0 amide bonds. The number of rotatable bonds is 5. The van der Waals surface area contributed by atoms with Gasteiger partial charge in [0.15, 0.2) is 0 Å². The minimum atomic E-state index is 0.607. The number of benzene rings is 2. The monoisotopic (exact) mass is 332 g/mol. The number of halogens is 1. The second-order valence-corrected chi connectivity index (χ2v) is 6.18. The first-order valence-electron chi connectivity index (χ1n) is 6.80. The second kappa shape index (κ2) is 7.02. The van der Waals surface area contributed by atoms with Crippen molar-refractivity contribution in [2.45, 2.75) is 26.6 Å². The molecule has 3 heteroatoms. The molecular weight excluding hydrogens is 312 g/mol. The highest BCUT2D eigenvalue weighted by Crippen LogP contribution is 2.16. The molecule has 0 aliphatic rings. The van der Waals surface area contributed by atoms with E-state index in [1.54, 1.807) is 0 Å². The van der Waals surface area contributed by atoms with E-state index in [1.165, 1.54) is 22.3 Å². The fraction of sp³-hybridized carbons (Fsp3) is 0.294. The average molecular weight is 333 g/mol. The number of hydrogen-bond donors (Lipinski definition) is 1. The highest BCUT2D eigenvalue weighted by Gasteiger charge is 2.05. The molecule has 2 aromatic rings. The Balaban J connectivity index is 2.00. The summed E-state index contributed by atoms with van der Waals surface area (Å²) in [7, 11) is 2.15. The van der Waals surface area contributed by atoms with E-state index in [0.29, 0.717) is 6.54 Å². The van der Waals surface area contributed by atoms with Gasteiger partial charge >= 0.3 is 0 Å². The predicted octanol–water partition coefficient (Wildman–Crippen LogP) is 3.85. The minimum Gasteiger partial charge on any atom is -0.326 e. The van der Waals surface area contributed by atoms with Crippen LogP contribution in [0.3, 0.4) is 0 Å². The van der Waals surface area contributed by atoms with Gasteiger partial charge in [0.25, 0.3) is 0 Å². The molecule has 2 N–H and O–H groups in total. The molecule has 20 heavy (non-hydrogen) atoms. The molecule has 0 bridgehead atoms. The SMILES string of the molecule is Cc1cc(CN)ccc1CN(C)Cc1ccc(Br)cc1. The highest BCUT2D eigenvalue weighted by molar-refractivity contribution is 9.10. The molecule has 2 nitrogen and oxygen atoms in total. The summed E-state index contributed by atoms with van der Waals surface area (Å²) in [4.78, 5) is 2.33. The maximum atomic E-state index is 5.67. The first-order valence-corrected chi connectivity index (χ1v) is 7.59. The van der Waals surface area contributed by atoms with Gasteiger partial charge in [-0.05, 0) is 48.4 Å². The first-order chi connectivity index (χ1) is 9.58. The Morgan fingerprint density at radius 2 is 1.65 bits per heavy atom. The zero-order valence-electron chi connectivity index (χ0n) is 12.1. The summed E-state index contributed by atoms with van der Waals surface area (Å²) in [6.45, 7) is 4.66. The first kappa shape index (κ1) is 15.2. The van der Waals surface area contributed by atoms with Gasteiger partial charge in [-0.3, -0.25) is 4.90 Å². The summed E-state index contributed by atoms with van der Waals surface area (Å²) in [5.74, 6) is 0. The Morgan fingerprint density at radius 1 is 1.00 bits per heavy atom. The molecule has 0 unspecified atom stereocenters. The summed E-state index contributed by atoms with van der Waals surface area (Å²) in [6, 6.07) is 15.0. The van der Waals surface area contributed by atoms with Crippen LogP contribution >= 0.6 is 15.9 Å². The van der Waals surface area contributed by atoms with Crippen LogP contribution in [0.2, 0.25) is 0 Å². The van der Waals surface area contributed by atoms with Crippen molar-refractivity contribution in [3.8, 4) is 0 Å². The van der Waals surface area contributed by atoms with Crippen molar-refractivity contribution in [1.29, 1.82) is 0 Å². The van der Waals surface area contributed by atoms with Gasteiger partial charge < -0.3 is 5.73 Å². The highest BCUT2D eigenvalue weighted by atomic mass is 79.9. The van der Waals surface area contributed by atoms with Crippen LogP contribution in [-0.4, -0.2) is 11.9 Å². The number of nitrogens with two attached hydrogens (primary N) is 1. The number of hydrogen-bond acceptors (Lipinski definition) is 2. The van der Waals surface area contributed by atoms with Crippen LogP contribution < -0.4 is 5.73 Å². The Bertz CT molecular complexity index is 564. The molecule has 0 fully saturated rings. The largest absolute Gasteiger partial charge is 0.326 e. The van der Waals surface area contributed by atoms with Gasteiger partial charge in [0.2, 0.25) is 0 Å². The summed E-state index contributed by atoms with van der Waals surface area (Å²) in [5, 5.41) is 0. The quantitative estimate of drug-likeness (QED) is 0.901. The lowest BCUT2D eigenvalue weighted by Gasteiger charge is -2.18. The molecule has 0 saturated carbocycles. The molecular formula is C17H21BrN2. The Labute approximate surface area is 129 Å². The van der Waals surface area contributed by atoms with Crippen LogP contribution in [0.4, 0.5) is 0 Å². The lowest BCUT2D eigenvalue weighted by atomic mass is 10.0. The third-order valence-electron chi connectivity index (χ3n) is 3.45. The molecule has 2 rings (SSSR count). The van der Waals surface area contributed by atoms with Crippen LogP contribution in [-0.2, 0) is 19.6 Å². The smallest absolute Gasteiger partial charge is 0.0236 e. The van der Waals surface area contributed by atoms with Crippen molar-refractivity contribution in [3.63, 3.8) is 0 Å². The summed E-state index contributed by atoms with van der Waals surface area (Å²) in [6.07, 6.45) is 0. The standard InChI is InChI=1S/C17H21BrN2/c1-13-9-15(10-19)3-6-16(13)12-20(2)11-14-4-7-17(18)8-5-14/h3-9H,10-12,19H2,1-2H3. The molecule has 0 heterocycles. The van der Waals surface area contributed by atoms with E-state index in [0.717, 1.165) is 17.6 Å². The number of aryl methyl sites for hydroxylation is 1. The second-order valence-electron chi connectivity index (χ2n) is 5.26. The fourth-order valence-electron chi connectivity index (χ4n) is 2.31. The lowest BCUT2D eigenvalue weighted by molar-refractivity contribution is 0.318. The third-order valence-corrected chi connectivity index (χ3v) is 3.98. The normalized spacial score (nSPS) is 11.1. The van der Waals surface area contributed by atoms with Crippen LogP contribution in [0.25, 0.3) is 0 Å². The van der Waals surface area contributed by atoms with Crippen molar-refractivity contribution in [1.82, 2.24) is 4.90 Å². The predicted molar refractivity (Wildman–Crippen MR) is 88.4 cm³/mol. The van der Waals surface area contributed by atoms with Crippen molar-refractivity contribution in [2.75, 3.05) is 7.05 Å².